The second kappa shape index (κ2) is 8.90. The molecule has 1 amide bonds. The summed E-state index contributed by atoms with van der Waals surface area (Å²) in [5.74, 6) is -0.0709. The Labute approximate surface area is 192 Å². The number of benzene rings is 1. The van der Waals surface area contributed by atoms with Gasteiger partial charge in [-0.3, -0.25) is 9.78 Å². The van der Waals surface area contributed by atoms with Crippen molar-refractivity contribution in [2.75, 3.05) is 19.5 Å². The van der Waals surface area contributed by atoms with E-state index in [0.717, 1.165) is 12.3 Å². The highest BCUT2D eigenvalue weighted by Gasteiger charge is 2.31. The van der Waals surface area contributed by atoms with Gasteiger partial charge in [0, 0.05) is 24.3 Å². The van der Waals surface area contributed by atoms with E-state index in [0.29, 0.717) is 38.8 Å². The molecule has 34 heavy (non-hydrogen) atoms. The summed E-state index contributed by atoms with van der Waals surface area (Å²) >= 11 is 0. The van der Waals surface area contributed by atoms with Gasteiger partial charge in [-0.05, 0) is 44.2 Å². The van der Waals surface area contributed by atoms with Gasteiger partial charge < -0.3 is 19.9 Å². The summed E-state index contributed by atoms with van der Waals surface area (Å²) in [7, 11) is 1.50. The van der Waals surface area contributed by atoms with Crippen molar-refractivity contribution in [1.29, 1.82) is 0 Å². The van der Waals surface area contributed by atoms with Crippen molar-refractivity contribution in [1.82, 2.24) is 20.0 Å². The number of ether oxygens (including phenoxy) is 1. The van der Waals surface area contributed by atoms with Gasteiger partial charge in [0.2, 0.25) is 0 Å². The van der Waals surface area contributed by atoms with Gasteiger partial charge in [-0.1, -0.05) is 5.16 Å². The lowest BCUT2D eigenvalue weighted by atomic mass is 10.1. The first-order valence-corrected chi connectivity index (χ1v) is 10.4. The molecule has 3 heterocycles. The number of rotatable bonds is 6. The lowest BCUT2D eigenvalue weighted by Gasteiger charge is -2.29. The molecule has 178 valence electrons. The number of nitrogens with two attached hydrogens (primary N) is 1. The molecule has 0 spiro atoms. The monoisotopic (exact) mass is 473 g/mol. The van der Waals surface area contributed by atoms with Crippen LogP contribution in [0.1, 0.15) is 34.2 Å². The van der Waals surface area contributed by atoms with E-state index < -0.39 is 11.7 Å². The third kappa shape index (κ3) is 4.38. The van der Waals surface area contributed by atoms with Gasteiger partial charge in [-0.15, -0.1) is 0 Å². The molecule has 0 saturated heterocycles. The summed E-state index contributed by atoms with van der Waals surface area (Å²) < 4.78 is 49.3. The molecule has 1 atom stereocenters. The van der Waals surface area contributed by atoms with Gasteiger partial charge in [-0.25, -0.2) is 4.98 Å². The first-order chi connectivity index (χ1) is 16.1. The van der Waals surface area contributed by atoms with E-state index in [-0.39, 0.29) is 30.9 Å². The smallest absolute Gasteiger partial charge is 0.383 e. The zero-order valence-electron chi connectivity index (χ0n) is 18.7. The van der Waals surface area contributed by atoms with E-state index in [4.69, 9.17) is 15.0 Å². The summed E-state index contributed by atoms with van der Waals surface area (Å²) in [5.41, 5.74) is 7.38. The molecule has 0 aliphatic carbocycles. The van der Waals surface area contributed by atoms with E-state index in [9.17, 15) is 18.0 Å². The van der Waals surface area contributed by atoms with E-state index in [1.807, 2.05) is 0 Å². The molecule has 4 rings (SSSR count). The summed E-state index contributed by atoms with van der Waals surface area (Å²) in [6.45, 7) is 3.75. The maximum absolute atomic E-state index is 13.5. The van der Waals surface area contributed by atoms with Gasteiger partial charge in [0.05, 0.1) is 47.0 Å². The first-order valence-electron chi connectivity index (χ1n) is 10.4. The Morgan fingerprint density at radius 2 is 2.03 bits per heavy atom. The molecule has 2 N–H and O–H groups in total. The number of methoxy groups -OCH3 is 1. The van der Waals surface area contributed by atoms with Gasteiger partial charge in [0.15, 0.2) is 5.58 Å². The minimum atomic E-state index is -4.49. The second-order valence-corrected chi connectivity index (χ2v) is 7.97. The van der Waals surface area contributed by atoms with Crippen LogP contribution in [0.3, 0.4) is 0 Å². The number of nitrogen functional groups attached to an aromatic ring is 1. The number of carbonyl (C=O) groups excluding carboxylic acids is 1. The van der Waals surface area contributed by atoms with Crippen LogP contribution in [0.5, 0.6) is 0 Å². The van der Waals surface area contributed by atoms with Crippen LogP contribution in [-0.2, 0) is 17.5 Å². The highest BCUT2D eigenvalue weighted by atomic mass is 19.4. The predicted octanol–water partition coefficient (Wildman–Crippen LogP) is 4.36. The zero-order chi connectivity index (χ0) is 24.6. The zero-order valence-corrected chi connectivity index (χ0v) is 18.7. The van der Waals surface area contributed by atoms with Crippen molar-refractivity contribution in [3.05, 3.63) is 59.0 Å². The summed E-state index contributed by atoms with van der Waals surface area (Å²) in [4.78, 5) is 23.3. The standard InChI is InChI=1S/C23H22F3N5O3/c1-12(11-33-3)31(10-16-6-5-15(9-28-16)23(24,25)26)22(32)14-4-7-18-17(8-14)20-19(21(27)29-18)13(2)30-34-20/h4-9,12H,10-11H2,1-3H3,(H2,27,29)/t12-/m1/s1. The van der Waals surface area contributed by atoms with Gasteiger partial charge >= 0.3 is 6.18 Å². The van der Waals surface area contributed by atoms with Crippen LogP contribution in [0.15, 0.2) is 41.1 Å². The summed E-state index contributed by atoms with van der Waals surface area (Å²) in [6.07, 6.45) is -3.73. The van der Waals surface area contributed by atoms with Crippen molar-refractivity contribution in [3.8, 4) is 0 Å². The van der Waals surface area contributed by atoms with Crippen LogP contribution < -0.4 is 5.73 Å². The molecule has 1 aromatic carbocycles. The van der Waals surface area contributed by atoms with Crippen LogP contribution in [0.25, 0.3) is 21.9 Å². The lowest BCUT2D eigenvalue weighted by Crippen LogP contribution is -2.40. The fourth-order valence-electron chi connectivity index (χ4n) is 3.77. The molecule has 0 radical (unpaired) electrons. The lowest BCUT2D eigenvalue weighted by molar-refractivity contribution is -0.137. The highest BCUT2D eigenvalue weighted by Crippen LogP contribution is 2.31. The molecule has 0 unspecified atom stereocenters. The first kappa shape index (κ1) is 23.4. The fraction of sp³-hybridized carbons (Fsp3) is 0.304. The molecule has 0 aliphatic rings. The predicted molar refractivity (Wildman–Crippen MR) is 119 cm³/mol. The largest absolute Gasteiger partial charge is 0.417 e. The van der Waals surface area contributed by atoms with E-state index in [2.05, 4.69) is 15.1 Å². The van der Waals surface area contributed by atoms with Crippen LogP contribution in [0, 0.1) is 6.92 Å². The van der Waals surface area contributed by atoms with E-state index in [1.165, 1.54) is 18.1 Å². The maximum Gasteiger partial charge on any atom is 0.417 e. The molecule has 0 aliphatic heterocycles. The molecule has 4 aromatic rings. The third-order valence-corrected chi connectivity index (χ3v) is 5.53. The van der Waals surface area contributed by atoms with Crippen LogP contribution in [-0.4, -0.2) is 45.7 Å². The number of halogens is 3. The molecule has 0 saturated carbocycles. The molecule has 0 bridgehead atoms. The Balaban J connectivity index is 1.71. The average Bonchev–Trinajstić information content (AvgIpc) is 3.19. The highest BCUT2D eigenvalue weighted by molar-refractivity contribution is 6.09. The van der Waals surface area contributed by atoms with Crippen molar-refractivity contribution in [3.63, 3.8) is 0 Å². The quantitative estimate of drug-likeness (QED) is 0.443. The number of hydrogen-bond donors (Lipinski definition) is 1. The molecular formula is C23H22F3N5O3. The van der Waals surface area contributed by atoms with E-state index >= 15 is 0 Å². The third-order valence-electron chi connectivity index (χ3n) is 5.53. The van der Waals surface area contributed by atoms with Crippen molar-refractivity contribution >= 4 is 33.6 Å². The fourth-order valence-corrected chi connectivity index (χ4v) is 3.77. The van der Waals surface area contributed by atoms with Crippen LogP contribution in [0.4, 0.5) is 19.0 Å². The Hall–Kier alpha value is -3.73. The van der Waals surface area contributed by atoms with Gasteiger partial charge in [0.25, 0.3) is 5.91 Å². The molecule has 0 fully saturated rings. The number of aryl methyl sites for hydroxylation is 1. The number of carbonyl (C=O) groups is 1. The Morgan fingerprint density at radius 3 is 2.68 bits per heavy atom. The molecular weight excluding hydrogens is 451 g/mol. The van der Waals surface area contributed by atoms with Crippen LogP contribution in [0.2, 0.25) is 0 Å². The summed E-state index contributed by atoms with van der Waals surface area (Å²) in [6, 6.07) is 6.74. The number of amides is 1. The van der Waals surface area contributed by atoms with Crippen molar-refractivity contribution < 1.29 is 27.2 Å². The second-order valence-electron chi connectivity index (χ2n) is 7.97. The Morgan fingerprint density at radius 1 is 1.26 bits per heavy atom. The number of alkyl halides is 3. The normalized spacial score (nSPS) is 12.9. The Bertz CT molecular complexity index is 1350. The minimum Gasteiger partial charge on any atom is -0.383 e. The minimum absolute atomic E-state index is 0.00362. The SMILES string of the molecule is COC[C@@H](C)N(Cc1ccc(C(F)(F)F)cn1)C(=O)c1ccc2nc(N)c3c(C)noc3c2c1. The molecule has 11 heteroatoms. The molecule has 8 nitrogen and oxygen atoms in total. The number of nitrogens with zero attached hydrogens (tertiary/aromatic N) is 4. The van der Waals surface area contributed by atoms with Gasteiger partial charge in [-0.2, -0.15) is 13.2 Å². The summed E-state index contributed by atoms with van der Waals surface area (Å²) in [5, 5.41) is 5.11. The number of pyridine rings is 2. The van der Waals surface area contributed by atoms with Crippen molar-refractivity contribution in [2.45, 2.75) is 32.6 Å². The topological polar surface area (TPSA) is 107 Å². The average molecular weight is 473 g/mol. The number of hydrogen-bond acceptors (Lipinski definition) is 7. The number of anilines is 1. The maximum atomic E-state index is 13.5. The Kier molecular flexibility index (Phi) is 6.13. The van der Waals surface area contributed by atoms with Crippen molar-refractivity contribution in [2.24, 2.45) is 0 Å². The molecule has 3 aromatic heterocycles. The number of aromatic nitrogens is 3. The van der Waals surface area contributed by atoms with Crippen LogP contribution >= 0.6 is 0 Å². The number of fused-ring (bicyclic) bond motifs is 3. The van der Waals surface area contributed by atoms with Gasteiger partial charge in [0.1, 0.15) is 5.82 Å². The van der Waals surface area contributed by atoms with E-state index in [1.54, 1.807) is 32.0 Å².